The molecule has 0 aliphatic carbocycles. The van der Waals surface area contributed by atoms with Gasteiger partial charge in [0, 0.05) is 23.5 Å². The lowest BCUT2D eigenvalue weighted by Crippen LogP contribution is -2.40. The minimum Gasteiger partial charge on any atom is -0.492 e. The number of nitrogens with two attached hydrogens (primary N) is 1. The average Bonchev–Trinajstić information content (AvgIpc) is 2.44. The van der Waals surface area contributed by atoms with E-state index in [2.05, 4.69) is 15.9 Å². The molecule has 114 valence electrons. The first kappa shape index (κ1) is 19.2. The van der Waals surface area contributed by atoms with Crippen LogP contribution in [0.4, 0.5) is 0 Å². The van der Waals surface area contributed by atoms with E-state index >= 15 is 0 Å². The summed E-state index contributed by atoms with van der Waals surface area (Å²) in [5, 5.41) is 0. The van der Waals surface area contributed by atoms with Crippen molar-refractivity contribution >= 4 is 34.2 Å². The van der Waals surface area contributed by atoms with Crippen LogP contribution < -0.4 is 10.5 Å². The van der Waals surface area contributed by atoms with Crippen molar-refractivity contribution in [2.45, 2.75) is 13.8 Å². The van der Waals surface area contributed by atoms with Crippen molar-refractivity contribution in [2.75, 3.05) is 26.2 Å². The van der Waals surface area contributed by atoms with Crippen molar-refractivity contribution < 1.29 is 9.53 Å². The molecule has 0 radical (unpaired) electrons. The van der Waals surface area contributed by atoms with Gasteiger partial charge in [-0.3, -0.25) is 4.79 Å². The maximum atomic E-state index is 12.0. The highest BCUT2D eigenvalue weighted by atomic mass is 79.9. The molecule has 2 N–H and O–H groups in total. The van der Waals surface area contributed by atoms with E-state index < -0.39 is 0 Å². The quantitative estimate of drug-likeness (QED) is 0.808. The Hall–Kier alpha value is -0.780. The van der Waals surface area contributed by atoms with E-state index in [-0.39, 0.29) is 24.2 Å². The number of rotatable bonds is 7. The molecule has 1 amide bonds. The van der Waals surface area contributed by atoms with E-state index in [1.807, 2.05) is 38.1 Å². The summed E-state index contributed by atoms with van der Waals surface area (Å²) in [6.07, 6.45) is 0. The number of benzene rings is 1. The van der Waals surface area contributed by atoms with Gasteiger partial charge in [-0.2, -0.15) is 0 Å². The fraction of sp³-hybridized carbons (Fsp3) is 0.500. The first-order valence-electron chi connectivity index (χ1n) is 6.45. The predicted molar refractivity (Wildman–Crippen MR) is 87.4 cm³/mol. The van der Waals surface area contributed by atoms with Crippen molar-refractivity contribution in [1.29, 1.82) is 0 Å². The van der Waals surface area contributed by atoms with Gasteiger partial charge in [-0.25, -0.2) is 0 Å². The minimum atomic E-state index is -0.132. The first-order chi connectivity index (χ1) is 9.08. The van der Waals surface area contributed by atoms with Crippen LogP contribution in [-0.4, -0.2) is 37.0 Å². The molecule has 1 aromatic rings. The van der Waals surface area contributed by atoms with Gasteiger partial charge in [0.15, 0.2) is 0 Å². The Kier molecular flexibility index (Phi) is 9.63. The molecule has 1 atom stereocenters. The van der Waals surface area contributed by atoms with Crippen LogP contribution in [0.15, 0.2) is 28.7 Å². The highest BCUT2D eigenvalue weighted by Crippen LogP contribution is 2.16. The molecule has 0 saturated heterocycles. The molecule has 0 aliphatic rings. The van der Waals surface area contributed by atoms with E-state index in [4.69, 9.17) is 10.5 Å². The zero-order chi connectivity index (χ0) is 14.3. The summed E-state index contributed by atoms with van der Waals surface area (Å²) in [4.78, 5) is 13.8. The number of nitrogens with zero attached hydrogens (tertiary/aromatic N) is 1. The number of amides is 1. The number of halogens is 2. The Morgan fingerprint density at radius 1 is 1.40 bits per heavy atom. The van der Waals surface area contributed by atoms with Crippen molar-refractivity contribution in [3.63, 3.8) is 0 Å². The van der Waals surface area contributed by atoms with Gasteiger partial charge in [0.2, 0.25) is 5.91 Å². The van der Waals surface area contributed by atoms with Gasteiger partial charge in [0.25, 0.3) is 0 Å². The number of hydrogen-bond donors (Lipinski definition) is 1. The van der Waals surface area contributed by atoms with Crippen LogP contribution in [0.2, 0.25) is 0 Å². The molecule has 20 heavy (non-hydrogen) atoms. The highest BCUT2D eigenvalue weighted by molar-refractivity contribution is 9.10. The molecule has 0 bridgehead atoms. The molecular formula is C14H22BrClN2O2. The zero-order valence-corrected chi connectivity index (χ0v) is 14.2. The Labute approximate surface area is 135 Å². The SMILES string of the molecule is CCN(CCOc1ccc(Br)cc1)C(=O)C(C)CN.Cl. The molecular weight excluding hydrogens is 344 g/mol. The topological polar surface area (TPSA) is 55.6 Å². The smallest absolute Gasteiger partial charge is 0.226 e. The average molecular weight is 366 g/mol. The van der Waals surface area contributed by atoms with Gasteiger partial charge in [0.05, 0.1) is 6.54 Å². The molecule has 6 heteroatoms. The lowest BCUT2D eigenvalue weighted by Gasteiger charge is -2.23. The highest BCUT2D eigenvalue weighted by Gasteiger charge is 2.17. The van der Waals surface area contributed by atoms with E-state index in [0.717, 1.165) is 10.2 Å². The molecule has 0 fully saturated rings. The van der Waals surface area contributed by atoms with Crippen LogP contribution in [0.25, 0.3) is 0 Å². The van der Waals surface area contributed by atoms with E-state index in [1.165, 1.54) is 0 Å². The number of ether oxygens (including phenoxy) is 1. The van der Waals surface area contributed by atoms with E-state index in [1.54, 1.807) is 4.90 Å². The third-order valence-electron chi connectivity index (χ3n) is 2.91. The molecule has 0 aliphatic heterocycles. The van der Waals surface area contributed by atoms with Crippen molar-refractivity contribution in [3.8, 4) is 5.75 Å². The van der Waals surface area contributed by atoms with Crippen molar-refractivity contribution in [2.24, 2.45) is 11.7 Å². The van der Waals surface area contributed by atoms with Gasteiger partial charge in [-0.1, -0.05) is 22.9 Å². The van der Waals surface area contributed by atoms with Gasteiger partial charge in [-0.15, -0.1) is 12.4 Å². The molecule has 0 spiro atoms. The molecule has 1 unspecified atom stereocenters. The van der Waals surface area contributed by atoms with Crippen LogP contribution in [0.5, 0.6) is 5.75 Å². The summed E-state index contributed by atoms with van der Waals surface area (Å²) in [5.74, 6) is 0.760. The predicted octanol–water partition coefficient (Wildman–Crippen LogP) is 2.69. The minimum absolute atomic E-state index is 0. The Morgan fingerprint density at radius 3 is 2.50 bits per heavy atom. The largest absolute Gasteiger partial charge is 0.492 e. The Bertz CT molecular complexity index is 401. The second-order valence-corrected chi connectivity index (χ2v) is 5.27. The monoisotopic (exact) mass is 364 g/mol. The summed E-state index contributed by atoms with van der Waals surface area (Å²) in [6, 6.07) is 7.64. The Balaban J connectivity index is 0.00000361. The maximum absolute atomic E-state index is 12.0. The van der Waals surface area contributed by atoms with Crippen LogP contribution in [0.1, 0.15) is 13.8 Å². The summed E-state index contributed by atoms with van der Waals surface area (Å²) >= 11 is 3.37. The van der Waals surface area contributed by atoms with Crippen LogP contribution in [0, 0.1) is 5.92 Å². The zero-order valence-electron chi connectivity index (χ0n) is 11.8. The van der Waals surface area contributed by atoms with Crippen LogP contribution >= 0.6 is 28.3 Å². The van der Waals surface area contributed by atoms with Gasteiger partial charge < -0.3 is 15.4 Å². The van der Waals surface area contributed by atoms with Gasteiger partial charge in [0.1, 0.15) is 12.4 Å². The molecule has 0 saturated carbocycles. The molecule has 0 heterocycles. The lowest BCUT2D eigenvalue weighted by atomic mass is 10.1. The summed E-state index contributed by atoms with van der Waals surface area (Å²) in [6.45, 7) is 5.92. The number of hydrogen-bond acceptors (Lipinski definition) is 3. The fourth-order valence-electron chi connectivity index (χ4n) is 1.64. The molecule has 4 nitrogen and oxygen atoms in total. The van der Waals surface area contributed by atoms with Crippen LogP contribution in [0.3, 0.4) is 0 Å². The fourth-order valence-corrected chi connectivity index (χ4v) is 1.91. The molecule has 1 rings (SSSR count). The van der Waals surface area contributed by atoms with Crippen molar-refractivity contribution in [3.05, 3.63) is 28.7 Å². The lowest BCUT2D eigenvalue weighted by molar-refractivity contribution is -0.134. The van der Waals surface area contributed by atoms with Crippen molar-refractivity contribution in [1.82, 2.24) is 4.90 Å². The van der Waals surface area contributed by atoms with Crippen LogP contribution in [-0.2, 0) is 4.79 Å². The standard InChI is InChI=1S/C14H21BrN2O2.ClH/c1-3-17(14(18)11(2)10-16)8-9-19-13-6-4-12(15)5-7-13;/h4-7,11H,3,8-10,16H2,1-2H3;1H. The van der Waals surface area contributed by atoms with Gasteiger partial charge >= 0.3 is 0 Å². The molecule has 0 aromatic heterocycles. The van der Waals surface area contributed by atoms with E-state index in [0.29, 0.717) is 26.2 Å². The number of carbonyl (C=O) groups excluding carboxylic acids is 1. The second-order valence-electron chi connectivity index (χ2n) is 4.36. The maximum Gasteiger partial charge on any atom is 0.226 e. The summed E-state index contributed by atoms with van der Waals surface area (Å²) in [7, 11) is 0. The first-order valence-corrected chi connectivity index (χ1v) is 7.25. The number of carbonyl (C=O) groups is 1. The Morgan fingerprint density at radius 2 is 2.00 bits per heavy atom. The summed E-state index contributed by atoms with van der Waals surface area (Å²) in [5.41, 5.74) is 5.52. The van der Waals surface area contributed by atoms with Gasteiger partial charge in [-0.05, 0) is 31.2 Å². The summed E-state index contributed by atoms with van der Waals surface area (Å²) < 4.78 is 6.63. The molecule has 1 aromatic carbocycles. The number of likely N-dealkylation sites (N-methyl/N-ethyl adjacent to an activating group) is 1. The third-order valence-corrected chi connectivity index (χ3v) is 3.44. The second kappa shape index (κ2) is 10.0. The van der Waals surface area contributed by atoms with E-state index in [9.17, 15) is 4.79 Å². The normalized spacial score (nSPS) is 11.4. The third kappa shape index (κ3) is 6.11.